The fourth-order valence-corrected chi connectivity index (χ4v) is 4.33. The Balaban J connectivity index is 2.43. The second kappa shape index (κ2) is 5.54. The van der Waals surface area contributed by atoms with Gasteiger partial charge in [-0.05, 0) is 18.1 Å². The molecule has 0 aliphatic carbocycles. The van der Waals surface area contributed by atoms with Crippen LogP contribution in [0.4, 0.5) is 13.2 Å². The lowest BCUT2D eigenvalue weighted by molar-refractivity contribution is -0.140. The van der Waals surface area contributed by atoms with E-state index >= 15 is 0 Å². The normalized spacial score (nSPS) is 23.6. The van der Waals surface area contributed by atoms with Crippen LogP contribution >= 0.6 is 0 Å². The number of amides is 1. The van der Waals surface area contributed by atoms with Crippen molar-refractivity contribution in [1.29, 1.82) is 0 Å². The van der Waals surface area contributed by atoms with Gasteiger partial charge in [0.1, 0.15) is 0 Å². The minimum atomic E-state index is -4.78. The fourth-order valence-electron chi connectivity index (χ4n) is 2.55. The molecule has 0 spiro atoms. The molecule has 1 heterocycles. The molecule has 2 atom stereocenters. The molecule has 0 unspecified atom stereocenters. The van der Waals surface area contributed by atoms with E-state index < -0.39 is 38.5 Å². The van der Waals surface area contributed by atoms with Gasteiger partial charge < -0.3 is 5.73 Å². The Kier molecular flexibility index (Phi) is 4.22. The number of alkyl halides is 3. The molecule has 1 aromatic carbocycles. The highest BCUT2D eigenvalue weighted by Crippen LogP contribution is 2.36. The number of nitrogens with zero attached hydrogens (tertiary/aromatic N) is 1. The fraction of sp³-hybridized carbons (Fsp3) is 0.462. The highest BCUT2D eigenvalue weighted by molar-refractivity contribution is 7.89. The summed E-state index contributed by atoms with van der Waals surface area (Å²) in [7, 11) is -4.35. The third-order valence-corrected chi connectivity index (χ3v) is 5.64. The Morgan fingerprint density at radius 3 is 2.36 bits per heavy atom. The predicted molar refractivity (Wildman–Crippen MR) is 72.1 cm³/mol. The molecule has 22 heavy (non-hydrogen) atoms. The molecule has 122 valence electrons. The van der Waals surface area contributed by atoms with Gasteiger partial charge in [0.2, 0.25) is 15.9 Å². The van der Waals surface area contributed by atoms with Crippen molar-refractivity contribution in [2.45, 2.75) is 18.0 Å². The van der Waals surface area contributed by atoms with Gasteiger partial charge in [0.25, 0.3) is 0 Å². The molecule has 5 nitrogen and oxygen atoms in total. The molecule has 1 amide bonds. The molecule has 1 fully saturated rings. The Bertz CT molecular complexity index is 688. The summed E-state index contributed by atoms with van der Waals surface area (Å²) in [5.41, 5.74) is 3.97. The number of carbonyl (C=O) groups is 1. The van der Waals surface area contributed by atoms with Gasteiger partial charge in [-0.1, -0.05) is 19.1 Å². The summed E-state index contributed by atoms with van der Waals surface area (Å²) in [6.45, 7) is 1.40. The molecule has 9 heteroatoms. The van der Waals surface area contributed by atoms with Gasteiger partial charge in [-0.25, -0.2) is 8.42 Å². The predicted octanol–water partition coefficient (Wildman–Crippen LogP) is 1.45. The monoisotopic (exact) mass is 336 g/mol. The van der Waals surface area contributed by atoms with Crippen molar-refractivity contribution in [3.63, 3.8) is 0 Å². The zero-order valence-corrected chi connectivity index (χ0v) is 12.5. The van der Waals surface area contributed by atoms with Crippen LogP contribution in [0.1, 0.15) is 12.5 Å². The van der Waals surface area contributed by atoms with E-state index in [4.69, 9.17) is 5.73 Å². The van der Waals surface area contributed by atoms with E-state index in [1.54, 1.807) is 6.92 Å². The number of sulfonamides is 1. The molecule has 0 bridgehead atoms. The number of nitrogens with two attached hydrogens (primary N) is 1. The lowest BCUT2D eigenvalue weighted by Gasteiger charge is -2.19. The highest BCUT2D eigenvalue weighted by atomic mass is 32.2. The number of hydrogen-bond acceptors (Lipinski definition) is 3. The quantitative estimate of drug-likeness (QED) is 0.907. The van der Waals surface area contributed by atoms with E-state index in [1.807, 2.05) is 0 Å². The van der Waals surface area contributed by atoms with E-state index in [9.17, 15) is 26.4 Å². The van der Waals surface area contributed by atoms with Crippen LogP contribution in [0.25, 0.3) is 0 Å². The maximum Gasteiger partial charge on any atom is 0.417 e. The first kappa shape index (κ1) is 16.8. The van der Waals surface area contributed by atoms with Crippen molar-refractivity contribution >= 4 is 15.9 Å². The summed E-state index contributed by atoms with van der Waals surface area (Å²) in [6, 6.07) is 3.99. The van der Waals surface area contributed by atoms with Crippen molar-refractivity contribution < 1.29 is 26.4 Å². The second-order valence-corrected chi connectivity index (χ2v) is 7.21. The minimum Gasteiger partial charge on any atom is -0.369 e. The van der Waals surface area contributed by atoms with Gasteiger partial charge in [0, 0.05) is 13.1 Å². The maximum absolute atomic E-state index is 13.0. The lowest BCUT2D eigenvalue weighted by Crippen LogP contribution is -2.33. The number of carbonyl (C=O) groups excluding carboxylic acids is 1. The molecule has 1 saturated heterocycles. The number of primary amides is 1. The Morgan fingerprint density at radius 1 is 1.27 bits per heavy atom. The molecule has 2 N–H and O–H groups in total. The highest BCUT2D eigenvalue weighted by Gasteiger charge is 2.43. The number of hydrogen-bond donors (Lipinski definition) is 1. The van der Waals surface area contributed by atoms with Crippen LogP contribution in [0.3, 0.4) is 0 Å². The first-order chi connectivity index (χ1) is 10.0. The molecule has 1 aromatic rings. The van der Waals surface area contributed by atoms with E-state index in [-0.39, 0.29) is 19.0 Å². The minimum absolute atomic E-state index is 0.0396. The van der Waals surface area contributed by atoms with Crippen molar-refractivity contribution in [3.05, 3.63) is 29.8 Å². The van der Waals surface area contributed by atoms with Crippen LogP contribution < -0.4 is 5.73 Å². The summed E-state index contributed by atoms with van der Waals surface area (Å²) >= 11 is 0. The summed E-state index contributed by atoms with van der Waals surface area (Å²) in [5, 5.41) is 0. The molecule has 1 aliphatic heterocycles. The van der Waals surface area contributed by atoms with Gasteiger partial charge in [-0.3, -0.25) is 4.79 Å². The van der Waals surface area contributed by atoms with Crippen molar-refractivity contribution in [1.82, 2.24) is 4.31 Å². The third-order valence-electron chi connectivity index (χ3n) is 3.75. The van der Waals surface area contributed by atoms with Crippen LogP contribution in [0.2, 0.25) is 0 Å². The first-order valence-electron chi connectivity index (χ1n) is 6.51. The number of benzene rings is 1. The van der Waals surface area contributed by atoms with E-state index in [2.05, 4.69) is 0 Å². The molecule has 0 aromatic heterocycles. The summed E-state index contributed by atoms with van der Waals surface area (Å²) in [6.07, 6.45) is -4.78. The van der Waals surface area contributed by atoms with Gasteiger partial charge in [0.05, 0.1) is 16.4 Å². The summed E-state index contributed by atoms with van der Waals surface area (Å²) in [5.74, 6) is -1.70. The SMILES string of the molecule is C[C@@H]1CN(S(=O)(=O)c2ccccc2C(F)(F)F)C[C@H]1C(N)=O. The van der Waals surface area contributed by atoms with Crippen LogP contribution in [0.15, 0.2) is 29.2 Å². The van der Waals surface area contributed by atoms with Crippen LogP contribution in [0, 0.1) is 11.8 Å². The smallest absolute Gasteiger partial charge is 0.369 e. The van der Waals surface area contributed by atoms with Crippen LogP contribution in [-0.2, 0) is 21.0 Å². The van der Waals surface area contributed by atoms with Crippen molar-refractivity contribution in [2.24, 2.45) is 17.6 Å². The van der Waals surface area contributed by atoms with Crippen molar-refractivity contribution in [2.75, 3.05) is 13.1 Å². The van der Waals surface area contributed by atoms with E-state index in [0.29, 0.717) is 0 Å². The van der Waals surface area contributed by atoms with Gasteiger partial charge in [-0.15, -0.1) is 0 Å². The van der Waals surface area contributed by atoms with Crippen LogP contribution in [-0.4, -0.2) is 31.7 Å². The third kappa shape index (κ3) is 2.95. The number of halogens is 3. The average Bonchev–Trinajstić information content (AvgIpc) is 2.81. The van der Waals surface area contributed by atoms with Gasteiger partial charge in [0.15, 0.2) is 0 Å². The summed E-state index contributed by atoms with van der Waals surface area (Å²) in [4.78, 5) is 10.5. The lowest BCUT2D eigenvalue weighted by atomic mass is 9.98. The van der Waals surface area contributed by atoms with Crippen LogP contribution in [0.5, 0.6) is 0 Å². The summed E-state index contributed by atoms with van der Waals surface area (Å²) < 4.78 is 64.8. The first-order valence-corrected chi connectivity index (χ1v) is 7.95. The molecule has 0 radical (unpaired) electrons. The maximum atomic E-state index is 13.0. The topological polar surface area (TPSA) is 80.5 Å². The Hall–Kier alpha value is -1.61. The average molecular weight is 336 g/mol. The molecular formula is C13H15F3N2O3S. The molecule has 1 aliphatic rings. The standard InChI is InChI=1S/C13H15F3N2O3S/c1-8-6-18(7-9(8)12(17)19)22(20,21)11-5-3-2-4-10(11)13(14,15)16/h2-5,8-9H,6-7H2,1H3,(H2,17,19)/t8-,9-/m1/s1. The van der Waals surface area contributed by atoms with Gasteiger partial charge >= 0.3 is 6.18 Å². The zero-order chi connectivity index (χ0) is 16.7. The molecule has 0 saturated carbocycles. The van der Waals surface area contributed by atoms with Crippen molar-refractivity contribution in [3.8, 4) is 0 Å². The zero-order valence-electron chi connectivity index (χ0n) is 11.7. The van der Waals surface area contributed by atoms with Gasteiger partial charge in [-0.2, -0.15) is 17.5 Å². The molecule has 2 rings (SSSR count). The largest absolute Gasteiger partial charge is 0.417 e. The number of rotatable bonds is 3. The Labute approximate surface area is 125 Å². The molecular weight excluding hydrogens is 321 g/mol. The van der Waals surface area contributed by atoms with E-state index in [0.717, 1.165) is 22.5 Å². The second-order valence-electron chi connectivity index (χ2n) is 5.30. The Morgan fingerprint density at radius 2 is 1.86 bits per heavy atom. The van der Waals surface area contributed by atoms with E-state index in [1.165, 1.54) is 6.07 Å².